The maximum atomic E-state index is 12.9. The first-order valence-corrected chi connectivity index (χ1v) is 22.1. The Morgan fingerprint density at radius 2 is 1.04 bits per heavy atom. The number of nitrogens with zero attached hydrogens (tertiary/aromatic N) is 12. The molecule has 22 heteroatoms. The number of methoxy groups -OCH3 is 3. The van der Waals surface area contributed by atoms with Crippen molar-refractivity contribution in [1.82, 2.24) is 58.0 Å². The molecule has 0 aliphatic heterocycles. The van der Waals surface area contributed by atoms with Crippen LogP contribution >= 0.6 is 0 Å². The summed E-state index contributed by atoms with van der Waals surface area (Å²) in [4.78, 5) is 21.0. The second-order valence-electron chi connectivity index (χ2n) is 15.2. The second-order valence-corrected chi connectivity index (χ2v) is 15.2. The zero-order chi connectivity index (χ0) is 50.8. The summed E-state index contributed by atoms with van der Waals surface area (Å²) in [6, 6.07) is 50.0. The molecule has 5 aromatic carbocycles. The molecule has 0 fully saturated rings. The van der Waals surface area contributed by atoms with Gasteiger partial charge in [0.05, 0.1) is 62.8 Å². The van der Waals surface area contributed by atoms with E-state index in [1.54, 1.807) is 69.9 Å². The molecule has 77 heavy (non-hydrogen) atoms. The van der Waals surface area contributed by atoms with Gasteiger partial charge in [0, 0.05) is 177 Å². The summed E-state index contributed by atoms with van der Waals surface area (Å²) >= 11 is 0. The summed E-state index contributed by atoms with van der Waals surface area (Å²) in [6.07, 6.45) is 13.1. The van der Waals surface area contributed by atoms with E-state index in [-0.39, 0.29) is 106 Å². The zero-order valence-electron chi connectivity index (χ0n) is 42.6. The average molecular weight is 1920 g/mol. The topological polar surface area (TPSA) is 156 Å². The van der Waals surface area contributed by atoms with Crippen LogP contribution in [0.3, 0.4) is 0 Å². The van der Waals surface area contributed by atoms with Crippen molar-refractivity contribution >= 4 is 0 Å². The normalized spacial score (nSPS) is 9.62. The molecule has 16 nitrogen and oxygen atoms in total. The van der Waals surface area contributed by atoms with Gasteiger partial charge in [0.25, 0.3) is 0 Å². The van der Waals surface area contributed by atoms with Gasteiger partial charge in [0.2, 0.25) is 18.2 Å². The van der Waals surface area contributed by atoms with E-state index in [2.05, 4.69) is 70.0 Å². The van der Waals surface area contributed by atoms with Crippen molar-refractivity contribution in [1.29, 1.82) is 0 Å². The van der Waals surface area contributed by atoms with Crippen molar-refractivity contribution in [3.63, 3.8) is 0 Å². The first-order valence-electron chi connectivity index (χ1n) is 22.1. The number of imidazole rings is 5. The Bertz CT molecular complexity index is 3280. The van der Waals surface area contributed by atoms with Crippen molar-refractivity contribution in [2.24, 2.45) is 28.2 Å². The van der Waals surface area contributed by atoms with E-state index in [1.165, 1.54) is 17.2 Å². The molecule has 5 radical (unpaired) electrons. The van der Waals surface area contributed by atoms with Crippen LogP contribution in [0.15, 0.2) is 163 Å². The quantitative estimate of drug-likeness (QED) is 0.127. The van der Waals surface area contributed by atoms with Gasteiger partial charge in [0.1, 0.15) is 0 Å². The van der Waals surface area contributed by atoms with Crippen LogP contribution in [-0.2, 0) is 129 Å². The summed E-state index contributed by atoms with van der Waals surface area (Å²) < 4.78 is 42.6. The molecule has 411 valence electrons. The molecule has 6 heterocycles. The first kappa shape index (κ1) is 67.0. The molecule has 0 saturated heterocycles. The van der Waals surface area contributed by atoms with E-state index in [0.29, 0.717) is 17.6 Å². The fraction of sp³-hybridized carbons (Fsp3) is 0.145. The number of hydrogen-bond donors (Lipinski definition) is 0. The van der Waals surface area contributed by atoms with Crippen molar-refractivity contribution in [2.75, 3.05) is 21.3 Å². The summed E-state index contributed by atoms with van der Waals surface area (Å²) in [5.41, 5.74) is 5.68. The molecule has 0 amide bonds. The summed E-state index contributed by atoms with van der Waals surface area (Å²) in [7, 11) is 12.4. The molecule has 11 rings (SSSR count). The maximum Gasteiger partial charge on any atom is 0.319 e. The fourth-order valence-electron chi connectivity index (χ4n) is 6.79. The number of aryl methyl sites for hydroxylation is 2. The SMILES string of the molecule is COc1c[c-]c(-c2nccn2C)c(OC)c1.COc1cnc(-c2[c-]cccc2)n1C.Cc1cnc(-c2[c-]cccc2)n1C.Cn1c(F)cnc1-c1[c-]cccc1.[Ir].[Ir].[Ir].[Ir].[Ir].[c-]1ccccc1-c1nccn1-c1nnco1. The summed E-state index contributed by atoms with van der Waals surface area (Å²) in [5, 5.41) is 7.47. The van der Waals surface area contributed by atoms with E-state index < -0.39 is 0 Å². The Hall–Kier alpha value is -6.13. The predicted octanol–water partition coefficient (Wildman–Crippen LogP) is 9.73. The van der Waals surface area contributed by atoms with E-state index in [1.807, 2.05) is 147 Å². The third kappa shape index (κ3) is 17.7. The smallest absolute Gasteiger partial charge is 0.319 e. The number of ether oxygens (including phenoxy) is 3. The van der Waals surface area contributed by atoms with Gasteiger partial charge in [-0.25, -0.2) is 0 Å². The Morgan fingerprint density at radius 1 is 0.532 bits per heavy atom. The van der Waals surface area contributed by atoms with E-state index >= 15 is 0 Å². The van der Waals surface area contributed by atoms with Gasteiger partial charge in [-0.15, -0.1) is 161 Å². The number of rotatable bonds is 9. The van der Waals surface area contributed by atoms with E-state index in [0.717, 1.165) is 68.4 Å². The third-order valence-corrected chi connectivity index (χ3v) is 10.7. The molecule has 11 aromatic rings. The van der Waals surface area contributed by atoms with Gasteiger partial charge in [-0.2, -0.15) is 4.39 Å². The van der Waals surface area contributed by atoms with Crippen LogP contribution in [0.1, 0.15) is 5.69 Å². The summed E-state index contributed by atoms with van der Waals surface area (Å²) in [6.45, 7) is 2.04. The molecule has 0 unspecified atom stereocenters. The number of hydrogen-bond acceptors (Lipinski definition) is 11. The molecule has 0 atom stereocenters. The average Bonchev–Trinajstić information content (AvgIpc) is 4.33. The van der Waals surface area contributed by atoms with Crippen LogP contribution in [0, 0.1) is 43.2 Å². The van der Waals surface area contributed by atoms with Gasteiger partial charge in [-0.05, 0) is 6.92 Å². The largest absolute Gasteiger partial charge is 0.540 e. The van der Waals surface area contributed by atoms with Crippen LogP contribution in [0.25, 0.3) is 63.0 Å². The van der Waals surface area contributed by atoms with Gasteiger partial charge in [-0.1, -0.05) is 16.7 Å². The minimum atomic E-state index is -0.341. The molecule has 0 N–H and O–H groups in total. The van der Waals surface area contributed by atoms with E-state index in [4.69, 9.17) is 18.6 Å². The number of benzene rings is 5. The zero-order valence-corrected chi connectivity index (χ0v) is 54.5. The van der Waals surface area contributed by atoms with Crippen molar-refractivity contribution in [2.45, 2.75) is 6.92 Å². The van der Waals surface area contributed by atoms with Gasteiger partial charge >= 0.3 is 6.01 Å². The summed E-state index contributed by atoms with van der Waals surface area (Å²) in [5.74, 6) is 5.80. The molecule has 0 bridgehead atoms. The Labute approximate surface area is 514 Å². The minimum absolute atomic E-state index is 0. The monoisotopic (exact) mass is 1930 g/mol. The van der Waals surface area contributed by atoms with Crippen molar-refractivity contribution < 1.29 is 124 Å². The molecule has 0 aliphatic rings. The molecule has 0 spiro atoms. The van der Waals surface area contributed by atoms with Crippen molar-refractivity contribution in [3.05, 3.63) is 201 Å². The Balaban J connectivity index is 0.000000325. The van der Waals surface area contributed by atoms with Crippen LogP contribution in [0.4, 0.5) is 4.39 Å². The van der Waals surface area contributed by atoms with Gasteiger partial charge < -0.3 is 36.9 Å². The molecular weight excluding hydrogens is 1870 g/mol. The van der Waals surface area contributed by atoms with Crippen molar-refractivity contribution in [3.8, 4) is 80.3 Å². The first-order chi connectivity index (χ1) is 35.1. The number of halogens is 1. The fourth-order valence-corrected chi connectivity index (χ4v) is 6.79. The van der Waals surface area contributed by atoms with Gasteiger partial charge in [-0.3, -0.25) is 29.5 Å². The predicted molar refractivity (Wildman–Crippen MR) is 270 cm³/mol. The van der Waals surface area contributed by atoms with Crippen LogP contribution < -0.4 is 14.2 Å². The molecule has 0 aliphatic carbocycles. The maximum absolute atomic E-state index is 12.9. The molecule has 6 aromatic heterocycles. The van der Waals surface area contributed by atoms with Crippen LogP contribution in [-0.4, -0.2) is 79.3 Å². The third-order valence-electron chi connectivity index (χ3n) is 10.7. The number of aromatic nitrogens is 12. The Morgan fingerprint density at radius 3 is 1.45 bits per heavy atom. The van der Waals surface area contributed by atoms with E-state index in [9.17, 15) is 4.39 Å². The minimum Gasteiger partial charge on any atom is -0.540 e. The Kier molecular flexibility index (Phi) is 29.5. The van der Waals surface area contributed by atoms with Crippen LogP contribution in [0.2, 0.25) is 0 Å². The van der Waals surface area contributed by atoms with Crippen LogP contribution in [0.5, 0.6) is 17.4 Å². The standard InChI is InChI=1S/C12H13N2O2.C11H7N4O.C11H11N2O.C11H11N2.C10H8FN2.5Ir/c1-14-7-6-13-12(14)10-5-4-9(15-2)8-11(10)16-3;1-2-4-9(5-3-1)10-12-6-7-15(10)11-14-13-8-16-11;1-13-10(14-2)8-12-11(13)9-6-4-3-5-7-9;1-9-8-12-11(13(9)2)10-6-4-3-5-7-10;1-13-9(11)7-12-10(13)8-5-3-2-4-6-8;;;;;/h4,6-8H,1-3H3;1-4,6-8H;3-6,8H,1-2H3;3-6,8H,1-2H3;2-5,7H,1H3;;;;;/q5*-1;;;;;. The molecular formula is C55H50FIr5N12O4-5. The van der Waals surface area contributed by atoms with Gasteiger partial charge in [0.15, 0.2) is 0 Å². The molecule has 0 saturated carbocycles. The second kappa shape index (κ2) is 33.9.